The average Bonchev–Trinajstić information content (AvgIpc) is 2.67. The van der Waals surface area contributed by atoms with Gasteiger partial charge in [-0.1, -0.05) is 13.0 Å². The van der Waals surface area contributed by atoms with Gasteiger partial charge in [0.25, 0.3) is 0 Å². The number of aryl methyl sites for hydroxylation is 1. The van der Waals surface area contributed by atoms with E-state index in [0.29, 0.717) is 34.9 Å². The van der Waals surface area contributed by atoms with Crippen LogP contribution in [0.1, 0.15) is 37.3 Å². The van der Waals surface area contributed by atoms with Crippen LogP contribution in [0.5, 0.6) is 5.88 Å². The molecule has 1 amide bonds. The van der Waals surface area contributed by atoms with Crippen molar-refractivity contribution in [3.8, 4) is 11.9 Å². The maximum atomic E-state index is 12.5. The predicted molar refractivity (Wildman–Crippen MR) is 105 cm³/mol. The standard InChI is InChI=1S/C21H24N4O3/c1-11-10-24-20(28-5)16-17(15(19(23)26)12(2)25-18(11)16)21(3)7-6-13(9-22)8-14(21)27-4/h6,8,10,17,25H,7H2,1-5H3,(H2,23,26)/t17-,21?/m1/s1. The summed E-state index contributed by atoms with van der Waals surface area (Å²) in [5.74, 6) is 0.0674. The van der Waals surface area contributed by atoms with E-state index < -0.39 is 17.2 Å². The minimum absolute atomic E-state index is 0.427. The molecule has 0 saturated carbocycles. The van der Waals surface area contributed by atoms with Gasteiger partial charge in [0.05, 0.1) is 31.5 Å². The Kier molecular flexibility index (Phi) is 4.90. The smallest absolute Gasteiger partial charge is 0.247 e. The number of hydrogen-bond donors (Lipinski definition) is 2. The van der Waals surface area contributed by atoms with Crippen LogP contribution < -0.4 is 15.8 Å². The van der Waals surface area contributed by atoms with E-state index >= 15 is 0 Å². The molecule has 0 spiro atoms. The molecule has 28 heavy (non-hydrogen) atoms. The Morgan fingerprint density at radius 2 is 2.11 bits per heavy atom. The fourth-order valence-electron chi connectivity index (χ4n) is 4.20. The highest BCUT2D eigenvalue weighted by Crippen LogP contribution is 2.57. The summed E-state index contributed by atoms with van der Waals surface area (Å²) in [6, 6.07) is 2.15. The van der Waals surface area contributed by atoms with E-state index in [1.165, 1.54) is 0 Å². The highest BCUT2D eigenvalue weighted by Gasteiger charge is 2.49. The summed E-state index contributed by atoms with van der Waals surface area (Å²) in [7, 11) is 3.12. The lowest BCUT2D eigenvalue weighted by Crippen LogP contribution is -2.39. The summed E-state index contributed by atoms with van der Waals surface area (Å²) in [6.07, 6.45) is 5.80. The van der Waals surface area contributed by atoms with Gasteiger partial charge in [0.1, 0.15) is 5.76 Å². The van der Waals surface area contributed by atoms with Crippen LogP contribution in [0.4, 0.5) is 5.69 Å². The zero-order valence-electron chi connectivity index (χ0n) is 16.7. The van der Waals surface area contributed by atoms with Crippen molar-refractivity contribution in [2.24, 2.45) is 11.1 Å². The molecule has 0 aromatic carbocycles. The summed E-state index contributed by atoms with van der Waals surface area (Å²) in [6.45, 7) is 5.79. The number of primary amides is 1. The first-order valence-electron chi connectivity index (χ1n) is 8.96. The number of anilines is 1. The fraction of sp³-hybridized carbons (Fsp3) is 0.381. The third-order valence-corrected chi connectivity index (χ3v) is 5.60. The van der Waals surface area contributed by atoms with Crippen molar-refractivity contribution in [1.82, 2.24) is 4.98 Å². The Labute approximate surface area is 164 Å². The van der Waals surface area contributed by atoms with Gasteiger partial charge >= 0.3 is 0 Å². The van der Waals surface area contributed by atoms with Crippen LogP contribution >= 0.6 is 0 Å². The molecule has 1 aromatic rings. The topological polar surface area (TPSA) is 110 Å². The summed E-state index contributed by atoms with van der Waals surface area (Å²) in [5.41, 5.74) is 9.38. The number of nitrogens with one attached hydrogen (secondary N) is 1. The van der Waals surface area contributed by atoms with Crippen LogP contribution in [0.15, 0.2) is 41.0 Å². The van der Waals surface area contributed by atoms with E-state index in [1.807, 2.05) is 26.8 Å². The summed E-state index contributed by atoms with van der Waals surface area (Å²) in [5, 5.41) is 12.6. The number of nitrogens with two attached hydrogens (primary N) is 1. The van der Waals surface area contributed by atoms with E-state index in [-0.39, 0.29) is 0 Å². The molecule has 1 unspecified atom stereocenters. The van der Waals surface area contributed by atoms with Crippen LogP contribution in [0.3, 0.4) is 0 Å². The molecule has 2 heterocycles. The van der Waals surface area contributed by atoms with Gasteiger partial charge < -0.3 is 20.5 Å². The van der Waals surface area contributed by atoms with E-state index in [0.717, 1.165) is 16.8 Å². The minimum Gasteiger partial charge on any atom is -0.500 e. The molecule has 1 aliphatic carbocycles. The number of aromatic nitrogens is 1. The van der Waals surface area contributed by atoms with Crippen molar-refractivity contribution < 1.29 is 14.3 Å². The van der Waals surface area contributed by atoms with Gasteiger partial charge in [-0.2, -0.15) is 5.26 Å². The summed E-state index contributed by atoms with van der Waals surface area (Å²) < 4.78 is 11.2. The molecular formula is C21H24N4O3. The first-order valence-corrected chi connectivity index (χ1v) is 8.96. The molecule has 3 N–H and O–H groups in total. The number of carbonyl (C=O) groups is 1. The van der Waals surface area contributed by atoms with Gasteiger partial charge in [0.15, 0.2) is 0 Å². The number of hydrogen-bond acceptors (Lipinski definition) is 6. The van der Waals surface area contributed by atoms with Crippen LogP contribution in [-0.2, 0) is 9.53 Å². The lowest BCUT2D eigenvalue weighted by Gasteiger charge is -2.44. The Morgan fingerprint density at radius 3 is 2.68 bits per heavy atom. The molecule has 0 radical (unpaired) electrons. The second-order valence-corrected chi connectivity index (χ2v) is 7.31. The molecule has 146 valence electrons. The molecule has 2 aliphatic rings. The van der Waals surface area contributed by atoms with Crippen molar-refractivity contribution in [2.45, 2.75) is 33.1 Å². The number of ether oxygens (including phenoxy) is 2. The minimum atomic E-state index is -0.652. The van der Waals surface area contributed by atoms with Crippen molar-refractivity contribution in [1.29, 1.82) is 5.26 Å². The maximum Gasteiger partial charge on any atom is 0.247 e. The van der Waals surface area contributed by atoms with Crippen LogP contribution in [0, 0.1) is 23.7 Å². The van der Waals surface area contributed by atoms with Gasteiger partial charge in [0.2, 0.25) is 11.8 Å². The molecule has 1 aliphatic heterocycles. The predicted octanol–water partition coefficient (Wildman–Crippen LogP) is 3.06. The number of rotatable bonds is 4. The Balaban J connectivity index is 2.34. The number of pyridine rings is 1. The number of methoxy groups -OCH3 is 2. The van der Waals surface area contributed by atoms with Crippen molar-refractivity contribution in [3.63, 3.8) is 0 Å². The third-order valence-electron chi connectivity index (χ3n) is 5.60. The van der Waals surface area contributed by atoms with E-state index in [2.05, 4.69) is 16.4 Å². The van der Waals surface area contributed by atoms with E-state index in [1.54, 1.807) is 26.5 Å². The Bertz CT molecular complexity index is 984. The highest BCUT2D eigenvalue weighted by atomic mass is 16.5. The van der Waals surface area contributed by atoms with Gasteiger partial charge in [-0.25, -0.2) is 4.98 Å². The summed E-state index contributed by atoms with van der Waals surface area (Å²) >= 11 is 0. The van der Waals surface area contributed by atoms with Crippen LogP contribution in [0.25, 0.3) is 0 Å². The molecule has 0 fully saturated rings. The van der Waals surface area contributed by atoms with Crippen molar-refractivity contribution >= 4 is 11.6 Å². The number of carbonyl (C=O) groups excluding carboxylic acids is 1. The molecule has 7 nitrogen and oxygen atoms in total. The number of amides is 1. The van der Waals surface area contributed by atoms with Gasteiger partial charge in [-0.3, -0.25) is 4.79 Å². The number of nitrogens with zero attached hydrogens (tertiary/aromatic N) is 2. The highest BCUT2D eigenvalue weighted by molar-refractivity contribution is 5.97. The first kappa shape index (κ1) is 19.5. The number of fused-ring (bicyclic) bond motifs is 1. The zero-order chi connectivity index (χ0) is 20.6. The molecule has 0 saturated heterocycles. The number of nitriles is 1. The quantitative estimate of drug-likeness (QED) is 0.831. The van der Waals surface area contributed by atoms with Gasteiger partial charge in [-0.15, -0.1) is 0 Å². The van der Waals surface area contributed by atoms with Gasteiger partial charge in [0, 0.05) is 34.4 Å². The maximum absolute atomic E-state index is 12.5. The first-order chi connectivity index (χ1) is 13.3. The third kappa shape index (κ3) is 2.82. The van der Waals surface area contributed by atoms with Crippen molar-refractivity contribution in [3.05, 3.63) is 52.1 Å². The average molecular weight is 380 g/mol. The normalized spacial score (nSPS) is 23.6. The molecule has 0 bridgehead atoms. The molecule has 3 rings (SSSR count). The van der Waals surface area contributed by atoms with E-state index in [9.17, 15) is 10.1 Å². The molecule has 1 aromatic heterocycles. The second-order valence-electron chi connectivity index (χ2n) is 7.31. The van der Waals surface area contributed by atoms with Crippen molar-refractivity contribution in [2.75, 3.05) is 19.5 Å². The zero-order valence-corrected chi connectivity index (χ0v) is 16.7. The lowest BCUT2D eigenvalue weighted by atomic mass is 9.63. The molecule has 2 atom stereocenters. The second kappa shape index (κ2) is 7.04. The molecular weight excluding hydrogens is 356 g/mol. The van der Waals surface area contributed by atoms with Crippen LogP contribution in [-0.4, -0.2) is 25.1 Å². The fourth-order valence-corrected chi connectivity index (χ4v) is 4.20. The summed E-state index contributed by atoms with van der Waals surface area (Å²) in [4.78, 5) is 16.9. The lowest BCUT2D eigenvalue weighted by molar-refractivity contribution is -0.115. The number of allylic oxidation sites excluding steroid dienone is 5. The monoisotopic (exact) mass is 380 g/mol. The van der Waals surface area contributed by atoms with Crippen LogP contribution in [0.2, 0.25) is 0 Å². The Morgan fingerprint density at radius 1 is 1.39 bits per heavy atom. The van der Waals surface area contributed by atoms with Gasteiger partial charge in [-0.05, 0) is 31.9 Å². The Hall–Kier alpha value is -3.27. The largest absolute Gasteiger partial charge is 0.500 e. The molecule has 7 heteroatoms. The van der Waals surface area contributed by atoms with E-state index in [4.69, 9.17) is 15.2 Å². The SMILES string of the molecule is COC1=CC(C#N)=CCC1(C)[C@@H]1C(C(N)=O)=C(C)Nc2c(C)cnc(OC)c21.